The van der Waals surface area contributed by atoms with Gasteiger partial charge >= 0.3 is 0 Å². The molecule has 0 aliphatic heterocycles. The Labute approximate surface area is 173 Å². The number of hydrogen-bond donors (Lipinski definition) is 2. The Morgan fingerprint density at radius 1 is 1.00 bits per heavy atom. The van der Waals surface area contributed by atoms with Crippen LogP contribution < -0.4 is 24.7 Å². The number of terminal acetylenes is 1. The molecule has 0 aromatic heterocycles. The molecule has 8 heteroatoms. The maximum absolute atomic E-state index is 11.6. The van der Waals surface area contributed by atoms with Gasteiger partial charge in [0.2, 0.25) is 10.0 Å². The average Bonchev–Trinajstić information content (AvgIpc) is 2.72. The number of hydrogen-bond acceptors (Lipinski definition) is 6. The Balaban J connectivity index is 0.00000204. The smallest absolute Gasteiger partial charge is 0.241 e. The number of sulfonamides is 1. The van der Waals surface area contributed by atoms with E-state index in [1.807, 2.05) is 37.3 Å². The van der Waals surface area contributed by atoms with Gasteiger partial charge in [-0.2, -0.15) is 0 Å². The molecule has 29 heavy (non-hydrogen) atoms. The lowest BCUT2D eigenvalue weighted by Crippen LogP contribution is -2.23. The molecule has 0 spiro atoms. The van der Waals surface area contributed by atoms with Crippen LogP contribution in [0.3, 0.4) is 0 Å². The van der Waals surface area contributed by atoms with E-state index < -0.39 is 10.0 Å². The molecule has 158 valence electrons. The molecule has 0 heterocycles. The van der Waals surface area contributed by atoms with Gasteiger partial charge in [-0.3, -0.25) is 0 Å². The second kappa shape index (κ2) is 12.7. The van der Waals surface area contributed by atoms with Crippen LogP contribution in [0.2, 0.25) is 0 Å². The SMILES string of the molecule is C#C.CCOc1ccccc1OCCNCCc1ccc(OC)c(S(N)(=O)=O)c1. The third-order valence-electron chi connectivity index (χ3n) is 3.81. The van der Waals surface area contributed by atoms with Crippen molar-refractivity contribution in [1.29, 1.82) is 0 Å². The second-order valence-electron chi connectivity index (χ2n) is 5.76. The van der Waals surface area contributed by atoms with Gasteiger partial charge < -0.3 is 19.5 Å². The molecule has 0 unspecified atom stereocenters. The topological polar surface area (TPSA) is 99.9 Å². The summed E-state index contributed by atoms with van der Waals surface area (Å²) in [6.45, 7) is 4.33. The molecule has 0 atom stereocenters. The number of primary sulfonamides is 1. The summed E-state index contributed by atoms with van der Waals surface area (Å²) in [5, 5.41) is 8.50. The predicted octanol–water partition coefficient (Wildman–Crippen LogP) is 2.20. The van der Waals surface area contributed by atoms with Crippen molar-refractivity contribution < 1.29 is 22.6 Å². The first-order valence-corrected chi connectivity index (χ1v) is 10.6. The van der Waals surface area contributed by atoms with Gasteiger partial charge in [0.05, 0.1) is 13.7 Å². The van der Waals surface area contributed by atoms with Crippen LogP contribution in [0, 0.1) is 12.8 Å². The third-order valence-corrected chi connectivity index (χ3v) is 4.74. The Morgan fingerprint density at radius 2 is 1.66 bits per heavy atom. The summed E-state index contributed by atoms with van der Waals surface area (Å²) in [6.07, 6.45) is 8.65. The second-order valence-corrected chi connectivity index (χ2v) is 7.29. The van der Waals surface area contributed by atoms with E-state index >= 15 is 0 Å². The first kappa shape index (κ1) is 24.3. The highest BCUT2D eigenvalue weighted by Crippen LogP contribution is 2.26. The molecule has 0 aliphatic rings. The number of nitrogens with two attached hydrogens (primary N) is 1. The van der Waals surface area contributed by atoms with Gasteiger partial charge in [-0.1, -0.05) is 18.2 Å². The van der Waals surface area contributed by atoms with Gasteiger partial charge in [-0.05, 0) is 49.7 Å². The summed E-state index contributed by atoms with van der Waals surface area (Å²) in [4.78, 5) is -0.00151. The predicted molar refractivity (Wildman–Crippen MR) is 114 cm³/mol. The van der Waals surface area contributed by atoms with E-state index in [1.165, 1.54) is 7.11 Å². The summed E-state index contributed by atoms with van der Waals surface area (Å²) in [5.41, 5.74) is 0.856. The number of benzene rings is 2. The van der Waals surface area contributed by atoms with Crippen LogP contribution in [0.5, 0.6) is 17.2 Å². The molecule has 2 aromatic carbocycles. The van der Waals surface area contributed by atoms with Crippen molar-refractivity contribution in [3.63, 3.8) is 0 Å². The average molecular weight is 421 g/mol. The molecule has 0 saturated heterocycles. The molecule has 7 nitrogen and oxygen atoms in total. The summed E-state index contributed by atoms with van der Waals surface area (Å²) in [6, 6.07) is 12.5. The number of ether oxygens (including phenoxy) is 3. The Hall–Kier alpha value is -2.73. The zero-order chi connectivity index (χ0) is 21.7. The lowest BCUT2D eigenvalue weighted by Gasteiger charge is -2.12. The fourth-order valence-corrected chi connectivity index (χ4v) is 3.28. The minimum atomic E-state index is -3.82. The van der Waals surface area contributed by atoms with Crippen LogP contribution in [-0.4, -0.2) is 41.8 Å². The van der Waals surface area contributed by atoms with E-state index in [0.717, 1.165) is 11.3 Å². The van der Waals surface area contributed by atoms with Crippen LogP contribution in [0.25, 0.3) is 0 Å². The first-order valence-electron chi connectivity index (χ1n) is 9.04. The van der Waals surface area contributed by atoms with Crippen molar-refractivity contribution in [2.75, 3.05) is 33.4 Å². The lowest BCUT2D eigenvalue weighted by molar-refractivity contribution is 0.276. The Morgan fingerprint density at radius 3 is 2.24 bits per heavy atom. The van der Waals surface area contributed by atoms with Crippen molar-refractivity contribution in [3.05, 3.63) is 48.0 Å². The molecule has 2 aromatic rings. The zero-order valence-electron chi connectivity index (χ0n) is 16.8. The maximum Gasteiger partial charge on any atom is 0.241 e. The maximum atomic E-state index is 11.6. The highest BCUT2D eigenvalue weighted by atomic mass is 32.2. The van der Waals surface area contributed by atoms with Crippen molar-refractivity contribution in [2.24, 2.45) is 5.14 Å². The summed E-state index contributed by atoms with van der Waals surface area (Å²) in [7, 11) is -2.41. The summed E-state index contributed by atoms with van der Waals surface area (Å²) >= 11 is 0. The van der Waals surface area contributed by atoms with Crippen molar-refractivity contribution in [3.8, 4) is 30.1 Å². The van der Waals surface area contributed by atoms with Gasteiger partial charge in [-0.15, -0.1) is 12.8 Å². The van der Waals surface area contributed by atoms with Crippen LogP contribution in [0.15, 0.2) is 47.4 Å². The van der Waals surface area contributed by atoms with Gasteiger partial charge in [0.15, 0.2) is 11.5 Å². The Bertz CT molecular complexity index is 882. The highest BCUT2D eigenvalue weighted by Gasteiger charge is 2.15. The molecule has 0 bridgehead atoms. The molecule has 0 fully saturated rings. The molecule has 0 aliphatic carbocycles. The van der Waals surface area contributed by atoms with Crippen molar-refractivity contribution in [1.82, 2.24) is 5.32 Å². The van der Waals surface area contributed by atoms with Crippen LogP contribution in [0.1, 0.15) is 12.5 Å². The van der Waals surface area contributed by atoms with Crippen LogP contribution in [0.4, 0.5) is 0 Å². The molecular formula is C21H28N2O5S. The van der Waals surface area contributed by atoms with E-state index in [0.29, 0.717) is 38.5 Å². The minimum absolute atomic E-state index is 0.00151. The van der Waals surface area contributed by atoms with Crippen LogP contribution >= 0.6 is 0 Å². The van der Waals surface area contributed by atoms with Crippen molar-refractivity contribution in [2.45, 2.75) is 18.2 Å². The largest absolute Gasteiger partial charge is 0.495 e. The standard InChI is InChI=1S/C19H26N2O5S.C2H2/c1-3-25-16-6-4-5-7-17(16)26-13-12-21-11-10-15-8-9-18(24-2)19(14-15)27(20,22)23;1-2/h4-9,14,21H,3,10-13H2,1-2H3,(H2,20,22,23);1-2H. The highest BCUT2D eigenvalue weighted by molar-refractivity contribution is 7.89. The summed E-state index contributed by atoms with van der Waals surface area (Å²) in [5.74, 6) is 1.69. The van der Waals surface area contributed by atoms with E-state index in [-0.39, 0.29) is 10.6 Å². The first-order chi connectivity index (χ1) is 14.0. The van der Waals surface area contributed by atoms with Gasteiger partial charge in [0.1, 0.15) is 17.3 Å². The number of methoxy groups -OCH3 is 1. The number of para-hydroxylation sites is 2. The zero-order valence-corrected chi connectivity index (χ0v) is 17.6. The number of nitrogens with one attached hydrogen (secondary N) is 1. The van der Waals surface area contributed by atoms with Gasteiger partial charge in [0, 0.05) is 6.54 Å². The van der Waals surface area contributed by atoms with Crippen LogP contribution in [-0.2, 0) is 16.4 Å². The molecule has 0 radical (unpaired) electrons. The Kier molecular flexibility index (Phi) is 10.6. The molecule has 0 saturated carbocycles. The van der Waals surface area contributed by atoms with Gasteiger partial charge in [0.25, 0.3) is 0 Å². The van der Waals surface area contributed by atoms with E-state index in [9.17, 15) is 8.42 Å². The lowest BCUT2D eigenvalue weighted by atomic mass is 10.1. The van der Waals surface area contributed by atoms with E-state index in [1.54, 1.807) is 12.1 Å². The van der Waals surface area contributed by atoms with Crippen molar-refractivity contribution >= 4 is 10.0 Å². The molecular weight excluding hydrogens is 392 g/mol. The fourth-order valence-electron chi connectivity index (χ4n) is 2.53. The van der Waals surface area contributed by atoms with Gasteiger partial charge in [-0.25, -0.2) is 13.6 Å². The quantitative estimate of drug-likeness (QED) is 0.427. The normalized spacial score (nSPS) is 10.5. The fraction of sp³-hybridized carbons (Fsp3) is 0.333. The number of rotatable bonds is 11. The monoisotopic (exact) mass is 420 g/mol. The molecule has 2 rings (SSSR count). The van der Waals surface area contributed by atoms with E-state index in [2.05, 4.69) is 18.2 Å². The summed E-state index contributed by atoms with van der Waals surface area (Å²) < 4.78 is 39.6. The molecule has 0 amide bonds. The third kappa shape index (κ3) is 8.03. The molecule has 3 N–H and O–H groups in total. The minimum Gasteiger partial charge on any atom is -0.495 e. The van der Waals surface area contributed by atoms with E-state index in [4.69, 9.17) is 19.3 Å².